The molecule has 0 spiro atoms. The maximum atomic E-state index is 12.6. The smallest absolute Gasteiger partial charge is 0.322 e. The molecular formula is C9H11FN4O2. The highest BCUT2D eigenvalue weighted by atomic mass is 19.1. The Balaban J connectivity index is 2.09. The predicted octanol–water partition coefficient (Wildman–Crippen LogP) is -0.522. The molecular weight excluding hydrogens is 215 g/mol. The Bertz CT molecular complexity index is 384. The van der Waals surface area contributed by atoms with Gasteiger partial charge in [-0.2, -0.15) is 0 Å². The molecule has 1 aromatic rings. The second-order valence-corrected chi connectivity index (χ2v) is 3.49. The van der Waals surface area contributed by atoms with E-state index in [1.54, 1.807) is 4.90 Å². The van der Waals surface area contributed by atoms with E-state index >= 15 is 0 Å². The highest BCUT2D eigenvalue weighted by Gasteiger charge is 2.25. The van der Waals surface area contributed by atoms with E-state index in [1.807, 2.05) is 0 Å². The van der Waals surface area contributed by atoms with Gasteiger partial charge in [-0.25, -0.2) is 14.4 Å². The van der Waals surface area contributed by atoms with Gasteiger partial charge in [0, 0.05) is 19.6 Å². The molecule has 1 aliphatic heterocycles. The van der Waals surface area contributed by atoms with Gasteiger partial charge in [0.25, 0.3) is 0 Å². The number of halogens is 1. The maximum Gasteiger partial charge on any atom is 0.322 e. The molecule has 7 heteroatoms. The van der Waals surface area contributed by atoms with Gasteiger partial charge in [0.2, 0.25) is 5.95 Å². The molecule has 0 aromatic carbocycles. The van der Waals surface area contributed by atoms with Crippen LogP contribution < -0.4 is 10.2 Å². The van der Waals surface area contributed by atoms with Crippen molar-refractivity contribution in [2.45, 2.75) is 6.04 Å². The highest BCUT2D eigenvalue weighted by Crippen LogP contribution is 2.09. The predicted molar refractivity (Wildman–Crippen MR) is 53.6 cm³/mol. The van der Waals surface area contributed by atoms with Crippen LogP contribution in [0.15, 0.2) is 12.4 Å². The Kier molecular flexibility index (Phi) is 2.95. The largest absolute Gasteiger partial charge is 0.480 e. The van der Waals surface area contributed by atoms with Crippen LogP contribution in [-0.2, 0) is 4.79 Å². The number of carboxylic acid groups (broad SMARTS) is 1. The summed E-state index contributed by atoms with van der Waals surface area (Å²) in [6.45, 7) is 1.42. The van der Waals surface area contributed by atoms with Crippen molar-refractivity contribution < 1.29 is 14.3 Å². The number of aromatic nitrogens is 2. The molecule has 0 radical (unpaired) electrons. The minimum atomic E-state index is -0.910. The molecule has 2 N–H and O–H groups in total. The second-order valence-electron chi connectivity index (χ2n) is 3.49. The first kappa shape index (κ1) is 10.7. The van der Waals surface area contributed by atoms with E-state index in [-0.39, 0.29) is 6.54 Å². The van der Waals surface area contributed by atoms with Crippen LogP contribution in [0.4, 0.5) is 10.3 Å². The van der Waals surface area contributed by atoms with Gasteiger partial charge in [-0.05, 0) is 0 Å². The first-order valence-electron chi connectivity index (χ1n) is 4.85. The SMILES string of the molecule is O=C(O)C1CN(c2ncc(F)cn2)CCN1. The van der Waals surface area contributed by atoms with E-state index in [0.29, 0.717) is 19.0 Å². The lowest BCUT2D eigenvalue weighted by Crippen LogP contribution is -2.54. The van der Waals surface area contributed by atoms with Gasteiger partial charge >= 0.3 is 5.97 Å². The summed E-state index contributed by atoms with van der Waals surface area (Å²) in [5, 5.41) is 11.7. The summed E-state index contributed by atoms with van der Waals surface area (Å²) in [6.07, 6.45) is 2.14. The zero-order valence-electron chi connectivity index (χ0n) is 8.43. The first-order chi connectivity index (χ1) is 7.66. The van der Waals surface area contributed by atoms with Crippen molar-refractivity contribution in [3.05, 3.63) is 18.2 Å². The Morgan fingerprint density at radius 3 is 2.88 bits per heavy atom. The number of carbonyl (C=O) groups is 1. The molecule has 86 valence electrons. The molecule has 0 saturated carbocycles. The highest BCUT2D eigenvalue weighted by molar-refractivity contribution is 5.74. The molecule has 1 atom stereocenters. The minimum absolute atomic E-state index is 0.279. The second kappa shape index (κ2) is 4.40. The lowest BCUT2D eigenvalue weighted by Gasteiger charge is -2.31. The van der Waals surface area contributed by atoms with E-state index in [4.69, 9.17) is 5.11 Å². The molecule has 2 heterocycles. The molecule has 1 unspecified atom stereocenters. The van der Waals surface area contributed by atoms with Crippen molar-refractivity contribution in [1.82, 2.24) is 15.3 Å². The van der Waals surface area contributed by atoms with Crippen molar-refractivity contribution in [3.63, 3.8) is 0 Å². The Hall–Kier alpha value is -1.76. The number of hydrogen-bond acceptors (Lipinski definition) is 5. The van der Waals surface area contributed by atoms with Crippen LogP contribution in [-0.4, -0.2) is 46.7 Å². The number of anilines is 1. The lowest BCUT2D eigenvalue weighted by atomic mass is 10.2. The number of piperazine rings is 1. The zero-order valence-corrected chi connectivity index (χ0v) is 8.43. The summed E-state index contributed by atoms with van der Waals surface area (Å²) in [6, 6.07) is -0.637. The zero-order chi connectivity index (χ0) is 11.5. The third kappa shape index (κ3) is 2.25. The summed E-state index contributed by atoms with van der Waals surface area (Å²) in [5.41, 5.74) is 0. The molecule has 16 heavy (non-hydrogen) atoms. The number of aliphatic carboxylic acids is 1. The van der Waals surface area contributed by atoms with E-state index in [1.165, 1.54) is 0 Å². The molecule has 2 rings (SSSR count). The van der Waals surface area contributed by atoms with Gasteiger partial charge in [0.15, 0.2) is 5.82 Å². The molecule has 0 amide bonds. The van der Waals surface area contributed by atoms with E-state index in [9.17, 15) is 9.18 Å². The molecule has 1 aromatic heterocycles. The van der Waals surface area contributed by atoms with E-state index < -0.39 is 17.8 Å². The third-order valence-corrected chi connectivity index (χ3v) is 2.36. The Morgan fingerprint density at radius 1 is 1.56 bits per heavy atom. The van der Waals surface area contributed by atoms with Crippen molar-refractivity contribution in [2.75, 3.05) is 24.5 Å². The third-order valence-electron chi connectivity index (χ3n) is 2.36. The number of nitrogens with one attached hydrogen (secondary N) is 1. The summed E-state index contributed by atoms with van der Waals surface area (Å²) in [4.78, 5) is 20.1. The molecule has 0 bridgehead atoms. The topological polar surface area (TPSA) is 78.3 Å². The number of nitrogens with zero attached hydrogens (tertiary/aromatic N) is 3. The van der Waals surface area contributed by atoms with Gasteiger partial charge in [-0.15, -0.1) is 0 Å². The van der Waals surface area contributed by atoms with Crippen molar-refractivity contribution in [2.24, 2.45) is 0 Å². The van der Waals surface area contributed by atoms with Crippen LogP contribution in [0.25, 0.3) is 0 Å². The Morgan fingerprint density at radius 2 is 2.25 bits per heavy atom. The number of carboxylic acids is 1. The summed E-state index contributed by atoms with van der Waals surface area (Å²) < 4.78 is 12.6. The standard InChI is InChI=1S/C9H11FN4O2/c10-6-3-12-9(13-4-6)14-2-1-11-7(5-14)8(15)16/h3-4,7,11H,1-2,5H2,(H,15,16). The van der Waals surface area contributed by atoms with Crippen molar-refractivity contribution in [1.29, 1.82) is 0 Å². The molecule has 1 fully saturated rings. The quantitative estimate of drug-likeness (QED) is 0.706. The average molecular weight is 226 g/mol. The Labute approximate surface area is 91.1 Å². The summed E-state index contributed by atoms with van der Waals surface area (Å²) >= 11 is 0. The van der Waals surface area contributed by atoms with Crippen molar-refractivity contribution >= 4 is 11.9 Å². The summed E-state index contributed by atoms with van der Waals surface area (Å²) in [5.74, 6) is -1.06. The van der Waals surface area contributed by atoms with Crippen LogP contribution in [0, 0.1) is 5.82 Å². The molecule has 0 aliphatic carbocycles. The minimum Gasteiger partial charge on any atom is -0.480 e. The van der Waals surface area contributed by atoms with Gasteiger partial charge in [-0.3, -0.25) is 4.79 Å². The van der Waals surface area contributed by atoms with Crippen molar-refractivity contribution in [3.8, 4) is 0 Å². The first-order valence-corrected chi connectivity index (χ1v) is 4.85. The fourth-order valence-electron chi connectivity index (χ4n) is 1.57. The average Bonchev–Trinajstić information content (AvgIpc) is 2.30. The molecule has 1 saturated heterocycles. The maximum absolute atomic E-state index is 12.6. The van der Waals surface area contributed by atoms with E-state index in [2.05, 4.69) is 15.3 Å². The number of hydrogen-bond donors (Lipinski definition) is 2. The van der Waals surface area contributed by atoms with Gasteiger partial charge in [0.1, 0.15) is 6.04 Å². The number of rotatable bonds is 2. The normalized spacial score (nSPS) is 20.8. The van der Waals surface area contributed by atoms with Crippen LogP contribution in [0.3, 0.4) is 0 Å². The monoisotopic (exact) mass is 226 g/mol. The van der Waals surface area contributed by atoms with Gasteiger partial charge < -0.3 is 15.3 Å². The fraction of sp³-hybridized carbons (Fsp3) is 0.444. The van der Waals surface area contributed by atoms with Crippen LogP contribution in [0.1, 0.15) is 0 Å². The fourth-order valence-corrected chi connectivity index (χ4v) is 1.57. The molecule has 6 nitrogen and oxygen atoms in total. The van der Waals surface area contributed by atoms with Gasteiger partial charge in [0.05, 0.1) is 12.4 Å². The lowest BCUT2D eigenvalue weighted by molar-refractivity contribution is -0.139. The van der Waals surface area contributed by atoms with E-state index in [0.717, 1.165) is 12.4 Å². The van der Waals surface area contributed by atoms with Gasteiger partial charge in [-0.1, -0.05) is 0 Å². The van der Waals surface area contributed by atoms with Crippen LogP contribution >= 0.6 is 0 Å². The summed E-state index contributed by atoms with van der Waals surface area (Å²) in [7, 11) is 0. The molecule has 1 aliphatic rings. The van der Waals surface area contributed by atoms with Crippen LogP contribution in [0.5, 0.6) is 0 Å². The van der Waals surface area contributed by atoms with Crippen LogP contribution in [0.2, 0.25) is 0 Å².